The predicted octanol–water partition coefficient (Wildman–Crippen LogP) is 2.14. The van der Waals surface area contributed by atoms with Crippen molar-refractivity contribution in [2.75, 3.05) is 0 Å². The Bertz CT molecular complexity index is 349. The average molecular weight is 202 g/mol. The first kappa shape index (κ1) is 9.34. The van der Waals surface area contributed by atoms with Gasteiger partial charge in [-0.2, -0.15) is 0 Å². The van der Waals surface area contributed by atoms with Gasteiger partial charge in [0.1, 0.15) is 0 Å². The van der Waals surface area contributed by atoms with Crippen LogP contribution < -0.4 is 5.73 Å². The third kappa shape index (κ3) is 1.48. The minimum Gasteiger partial charge on any atom is -0.327 e. The van der Waals surface area contributed by atoms with Gasteiger partial charge in [0.05, 0.1) is 0 Å². The first-order chi connectivity index (χ1) is 7.28. The lowest BCUT2D eigenvalue weighted by Crippen LogP contribution is -2.39. The summed E-state index contributed by atoms with van der Waals surface area (Å²) in [6, 6.07) is 6.60. The fraction of sp³-hybridized carbons (Fsp3) is 0.615. The second-order valence-electron chi connectivity index (χ2n) is 5.31. The monoisotopic (exact) mass is 202 g/mol. The molecule has 2 nitrogen and oxygen atoms in total. The smallest absolute Gasteiger partial charge is 0.0409 e. The van der Waals surface area contributed by atoms with E-state index < -0.39 is 0 Å². The first-order valence-electron chi connectivity index (χ1n) is 5.94. The molecule has 3 rings (SSSR count). The van der Waals surface area contributed by atoms with Crippen molar-refractivity contribution >= 4 is 0 Å². The first-order valence-corrected chi connectivity index (χ1v) is 5.94. The van der Waals surface area contributed by atoms with E-state index in [0.29, 0.717) is 11.5 Å². The Balaban J connectivity index is 1.83. The molecule has 1 aromatic heterocycles. The third-order valence-corrected chi connectivity index (χ3v) is 4.38. The molecule has 0 amide bonds. The van der Waals surface area contributed by atoms with Crippen molar-refractivity contribution in [2.45, 2.75) is 38.1 Å². The summed E-state index contributed by atoms with van der Waals surface area (Å²) in [4.78, 5) is 4.43. The Hall–Kier alpha value is -0.890. The van der Waals surface area contributed by atoms with Gasteiger partial charge < -0.3 is 5.73 Å². The van der Waals surface area contributed by atoms with E-state index >= 15 is 0 Å². The third-order valence-electron chi connectivity index (χ3n) is 4.38. The zero-order valence-electron chi connectivity index (χ0n) is 9.02. The summed E-state index contributed by atoms with van der Waals surface area (Å²) in [5.74, 6) is 0.906. The number of hydrogen-bond donors (Lipinski definition) is 1. The molecule has 0 spiro atoms. The quantitative estimate of drug-likeness (QED) is 0.798. The van der Waals surface area contributed by atoms with Crippen LogP contribution in [-0.4, -0.2) is 11.0 Å². The van der Waals surface area contributed by atoms with Gasteiger partial charge in [0.2, 0.25) is 0 Å². The summed E-state index contributed by atoms with van der Waals surface area (Å²) in [6.45, 7) is 0. The molecule has 2 bridgehead atoms. The Kier molecular flexibility index (Phi) is 2.06. The van der Waals surface area contributed by atoms with Crippen molar-refractivity contribution < 1.29 is 0 Å². The van der Waals surface area contributed by atoms with Gasteiger partial charge in [0.25, 0.3) is 0 Å². The highest BCUT2D eigenvalue weighted by Crippen LogP contribution is 2.54. The van der Waals surface area contributed by atoms with E-state index in [4.69, 9.17) is 5.73 Å². The summed E-state index contributed by atoms with van der Waals surface area (Å²) in [6.07, 6.45) is 8.26. The molecule has 2 saturated carbocycles. The number of nitrogens with zero attached hydrogens (tertiary/aromatic N) is 1. The normalized spacial score (nSPS) is 38.5. The highest BCUT2D eigenvalue weighted by atomic mass is 14.8. The van der Waals surface area contributed by atoms with Crippen LogP contribution in [0.25, 0.3) is 0 Å². The van der Waals surface area contributed by atoms with Gasteiger partial charge in [0.15, 0.2) is 0 Å². The molecule has 2 aliphatic rings. The van der Waals surface area contributed by atoms with E-state index in [9.17, 15) is 0 Å². The maximum Gasteiger partial charge on any atom is 0.0409 e. The molecule has 2 fully saturated rings. The van der Waals surface area contributed by atoms with Gasteiger partial charge in [0, 0.05) is 17.9 Å². The van der Waals surface area contributed by atoms with Crippen LogP contribution in [-0.2, 0) is 6.42 Å². The van der Waals surface area contributed by atoms with Crippen LogP contribution in [0.5, 0.6) is 0 Å². The fourth-order valence-corrected chi connectivity index (χ4v) is 3.57. The topological polar surface area (TPSA) is 38.9 Å². The second-order valence-corrected chi connectivity index (χ2v) is 5.31. The second kappa shape index (κ2) is 3.31. The van der Waals surface area contributed by atoms with E-state index in [-0.39, 0.29) is 0 Å². The van der Waals surface area contributed by atoms with E-state index in [1.807, 2.05) is 12.3 Å². The molecule has 2 heteroatoms. The van der Waals surface area contributed by atoms with Crippen molar-refractivity contribution in [3.8, 4) is 0 Å². The number of hydrogen-bond acceptors (Lipinski definition) is 2. The van der Waals surface area contributed by atoms with Crippen molar-refractivity contribution in [1.29, 1.82) is 0 Å². The Morgan fingerprint density at radius 1 is 1.47 bits per heavy atom. The number of fused-ring (bicyclic) bond motifs is 2. The molecule has 80 valence electrons. The van der Waals surface area contributed by atoms with E-state index in [1.165, 1.54) is 31.4 Å². The summed E-state index contributed by atoms with van der Waals surface area (Å²) < 4.78 is 0. The molecule has 0 radical (unpaired) electrons. The SMILES string of the molecule is NC1CC2CCC1(Cc1ccccn1)C2. The molecule has 0 aromatic carbocycles. The minimum absolute atomic E-state index is 0.388. The van der Waals surface area contributed by atoms with Gasteiger partial charge in [-0.1, -0.05) is 6.07 Å². The van der Waals surface area contributed by atoms with Gasteiger partial charge in [-0.15, -0.1) is 0 Å². The largest absolute Gasteiger partial charge is 0.327 e. The van der Waals surface area contributed by atoms with E-state index in [2.05, 4.69) is 17.1 Å². The molecule has 1 aromatic rings. The average Bonchev–Trinajstić information content (AvgIpc) is 2.76. The van der Waals surface area contributed by atoms with Gasteiger partial charge >= 0.3 is 0 Å². The summed E-state index contributed by atoms with van der Waals surface area (Å²) in [5, 5.41) is 0. The van der Waals surface area contributed by atoms with Crippen LogP contribution in [0.2, 0.25) is 0 Å². The number of nitrogens with two attached hydrogens (primary N) is 1. The van der Waals surface area contributed by atoms with Crippen LogP contribution in [0.4, 0.5) is 0 Å². The lowest BCUT2D eigenvalue weighted by atomic mass is 9.76. The molecule has 2 aliphatic carbocycles. The predicted molar refractivity (Wildman–Crippen MR) is 60.3 cm³/mol. The lowest BCUT2D eigenvalue weighted by molar-refractivity contribution is 0.246. The van der Waals surface area contributed by atoms with Crippen LogP contribution in [0, 0.1) is 11.3 Å². The van der Waals surface area contributed by atoms with E-state index in [0.717, 1.165) is 12.3 Å². The molecule has 0 aliphatic heterocycles. The zero-order chi connectivity index (χ0) is 10.3. The minimum atomic E-state index is 0.388. The van der Waals surface area contributed by atoms with Gasteiger partial charge in [-0.3, -0.25) is 4.98 Å². The standard InChI is InChI=1S/C13H18N2/c14-12-7-10-4-5-13(12,8-10)9-11-3-1-2-6-15-11/h1-3,6,10,12H,4-5,7-9,14H2. The summed E-state index contributed by atoms with van der Waals surface area (Å²) in [7, 11) is 0. The van der Waals surface area contributed by atoms with Gasteiger partial charge in [-0.25, -0.2) is 0 Å². The zero-order valence-corrected chi connectivity index (χ0v) is 9.02. The van der Waals surface area contributed by atoms with Crippen LogP contribution in [0.3, 0.4) is 0 Å². The maximum absolute atomic E-state index is 6.27. The molecule has 2 N–H and O–H groups in total. The molecule has 0 saturated heterocycles. The maximum atomic E-state index is 6.27. The number of rotatable bonds is 2. The Morgan fingerprint density at radius 3 is 3.00 bits per heavy atom. The Morgan fingerprint density at radius 2 is 2.40 bits per heavy atom. The van der Waals surface area contributed by atoms with Crippen LogP contribution >= 0.6 is 0 Å². The highest BCUT2D eigenvalue weighted by Gasteiger charge is 2.50. The van der Waals surface area contributed by atoms with Crippen molar-refractivity contribution in [1.82, 2.24) is 4.98 Å². The summed E-state index contributed by atoms with van der Waals surface area (Å²) in [5.41, 5.74) is 7.88. The van der Waals surface area contributed by atoms with Crippen molar-refractivity contribution in [2.24, 2.45) is 17.1 Å². The van der Waals surface area contributed by atoms with Crippen molar-refractivity contribution in [3.63, 3.8) is 0 Å². The highest BCUT2D eigenvalue weighted by molar-refractivity contribution is 5.13. The summed E-state index contributed by atoms with van der Waals surface area (Å²) >= 11 is 0. The van der Waals surface area contributed by atoms with E-state index in [1.54, 1.807) is 0 Å². The molecule has 1 heterocycles. The molecular weight excluding hydrogens is 184 g/mol. The fourth-order valence-electron chi connectivity index (χ4n) is 3.57. The lowest BCUT2D eigenvalue weighted by Gasteiger charge is -2.32. The molecule has 3 atom stereocenters. The molecule has 15 heavy (non-hydrogen) atoms. The van der Waals surface area contributed by atoms with Crippen molar-refractivity contribution in [3.05, 3.63) is 30.1 Å². The Labute approximate surface area is 90.9 Å². The molecule has 3 unspecified atom stereocenters. The number of pyridine rings is 1. The number of aromatic nitrogens is 1. The van der Waals surface area contributed by atoms with Crippen LogP contribution in [0.1, 0.15) is 31.4 Å². The van der Waals surface area contributed by atoms with Crippen LogP contribution in [0.15, 0.2) is 24.4 Å². The van der Waals surface area contributed by atoms with Gasteiger partial charge in [-0.05, 0) is 55.6 Å². The molecular formula is C13H18N2.